The highest BCUT2D eigenvalue weighted by Crippen LogP contribution is 2.20. The zero-order valence-electron chi connectivity index (χ0n) is 9.95. The quantitative estimate of drug-likeness (QED) is 0.640. The fourth-order valence-electron chi connectivity index (χ4n) is 2.45. The van der Waals surface area contributed by atoms with Crippen LogP contribution in [0.1, 0.15) is 36.9 Å². The molecule has 92 valence electrons. The largest absolute Gasteiger partial charge is 0.393 e. The smallest absolute Gasteiger partial charge is 0.250 e. The number of aromatic nitrogens is 1. The van der Waals surface area contributed by atoms with Gasteiger partial charge in [-0.2, -0.15) is 0 Å². The van der Waals surface area contributed by atoms with Crippen LogP contribution in [0.4, 0.5) is 0 Å². The molecule has 0 saturated carbocycles. The van der Waals surface area contributed by atoms with Gasteiger partial charge in [0.1, 0.15) is 0 Å². The average Bonchev–Trinajstić information content (AvgIpc) is 2.74. The number of aryl methyl sites for hydroxylation is 1. The standard InChI is InChI=1S/C13H18N2OS/c14-12(17)6-1-2-9-15-11-5-3-4-10(11)7-8-13(15)16/h7-8H,1-6,9H2,(H2,14,17). The van der Waals surface area contributed by atoms with Gasteiger partial charge in [0.2, 0.25) is 0 Å². The summed E-state index contributed by atoms with van der Waals surface area (Å²) >= 11 is 4.84. The van der Waals surface area contributed by atoms with Crippen molar-refractivity contribution in [3.8, 4) is 0 Å². The van der Waals surface area contributed by atoms with E-state index in [1.807, 2.05) is 10.6 Å². The molecule has 0 atom stereocenters. The molecule has 0 unspecified atom stereocenters. The second-order valence-electron chi connectivity index (χ2n) is 4.57. The molecule has 1 aliphatic rings. The lowest BCUT2D eigenvalue weighted by Gasteiger charge is -2.11. The molecule has 0 amide bonds. The predicted molar refractivity (Wildman–Crippen MR) is 73.4 cm³/mol. The molecule has 0 radical (unpaired) electrons. The number of nitrogens with zero attached hydrogens (tertiary/aromatic N) is 1. The molecule has 17 heavy (non-hydrogen) atoms. The van der Waals surface area contributed by atoms with Gasteiger partial charge in [-0.1, -0.05) is 18.3 Å². The average molecular weight is 250 g/mol. The molecule has 1 aliphatic carbocycles. The number of hydrogen-bond donors (Lipinski definition) is 1. The van der Waals surface area contributed by atoms with Crippen LogP contribution < -0.4 is 11.3 Å². The summed E-state index contributed by atoms with van der Waals surface area (Å²) in [7, 11) is 0. The zero-order chi connectivity index (χ0) is 12.3. The molecule has 2 N–H and O–H groups in total. The maximum absolute atomic E-state index is 11.8. The molecule has 4 heteroatoms. The third-order valence-corrected chi connectivity index (χ3v) is 3.51. The van der Waals surface area contributed by atoms with Crippen molar-refractivity contribution < 1.29 is 0 Å². The van der Waals surface area contributed by atoms with E-state index in [0.717, 1.165) is 38.6 Å². The summed E-state index contributed by atoms with van der Waals surface area (Å²) in [6.45, 7) is 0.796. The molecule has 3 nitrogen and oxygen atoms in total. The SMILES string of the molecule is NC(=S)CCCCn1c2c(ccc1=O)CCC2. The molecule has 0 spiro atoms. The van der Waals surface area contributed by atoms with E-state index in [1.165, 1.54) is 17.7 Å². The molecular formula is C13H18N2OS. The molecule has 1 aromatic rings. The van der Waals surface area contributed by atoms with E-state index < -0.39 is 0 Å². The Kier molecular flexibility index (Phi) is 3.94. The lowest BCUT2D eigenvalue weighted by atomic mass is 10.2. The fourth-order valence-corrected chi connectivity index (χ4v) is 2.59. The number of rotatable bonds is 5. The van der Waals surface area contributed by atoms with Gasteiger partial charge in [-0.25, -0.2) is 0 Å². The third kappa shape index (κ3) is 2.94. The summed E-state index contributed by atoms with van der Waals surface area (Å²) in [5.74, 6) is 0. The number of unbranched alkanes of at least 4 members (excludes halogenated alkanes) is 1. The lowest BCUT2D eigenvalue weighted by Crippen LogP contribution is -2.23. The molecule has 0 fully saturated rings. The van der Waals surface area contributed by atoms with Gasteiger partial charge in [0.25, 0.3) is 5.56 Å². The Labute approximate surface area is 107 Å². The van der Waals surface area contributed by atoms with Gasteiger partial charge in [0.15, 0.2) is 0 Å². The molecule has 0 bridgehead atoms. The molecule has 0 aliphatic heterocycles. The molecule has 1 aromatic heterocycles. The Bertz CT molecular complexity index is 479. The minimum atomic E-state index is 0.126. The van der Waals surface area contributed by atoms with E-state index >= 15 is 0 Å². The Morgan fingerprint density at radius 1 is 1.35 bits per heavy atom. The van der Waals surface area contributed by atoms with Crippen molar-refractivity contribution >= 4 is 17.2 Å². The van der Waals surface area contributed by atoms with Gasteiger partial charge in [-0.05, 0) is 44.1 Å². The highest BCUT2D eigenvalue weighted by atomic mass is 32.1. The predicted octanol–water partition coefficient (Wildman–Crippen LogP) is 1.79. The van der Waals surface area contributed by atoms with Crippen LogP contribution in [0, 0.1) is 0 Å². The van der Waals surface area contributed by atoms with Crippen molar-refractivity contribution in [1.82, 2.24) is 4.57 Å². The number of nitrogens with two attached hydrogens (primary N) is 1. The highest BCUT2D eigenvalue weighted by Gasteiger charge is 2.15. The van der Waals surface area contributed by atoms with Crippen LogP contribution in [-0.2, 0) is 19.4 Å². The van der Waals surface area contributed by atoms with Crippen molar-refractivity contribution in [2.75, 3.05) is 0 Å². The van der Waals surface area contributed by atoms with E-state index in [4.69, 9.17) is 18.0 Å². The Morgan fingerprint density at radius 2 is 2.18 bits per heavy atom. The summed E-state index contributed by atoms with van der Waals surface area (Å²) in [6, 6.07) is 3.67. The van der Waals surface area contributed by atoms with Crippen LogP contribution in [0.25, 0.3) is 0 Å². The van der Waals surface area contributed by atoms with Gasteiger partial charge in [-0.15, -0.1) is 0 Å². The Hall–Kier alpha value is -1.16. The second kappa shape index (κ2) is 5.45. The number of pyridine rings is 1. The summed E-state index contributed by atoms with van der Waals surface area (Å²) in [4.78, 5) is 12.4. The molecule has 2 rings (SSSR count). The molecular weight excluding hydrogens is 232 g/mol. The minimum absolute atomic E-state index is 0.126. The van der Waals surface area contributed by atoms with Crippen LogP contribution in [0.15, 0.2) is 16.9 Å². The van der Waals surface area contributed by atoms with E-state index in [0.29, 0.717) is 4.99 Å². The third-order valence-electron chi connectivity index (χ3n) is 3.30. The van der Waals surface area contributed by atoms with Crippen LogP contribution in [0.3, 0.4) is 0 Å². The van der Waals surface area contributed by atoms with Crippen LogP contribution in [-0.4, -0.2) is 9.56 Å². The first kappa shape index (κ1) is 12.3. The monoisotopic (exact) mass is 250 g/mol. The van der Waals surface area contributed by atoms with E-state index in [-0.39, 0.29) is 5.56 Å². The van der Waals surface area contributed by atoms with Crippen molar-refractivity contribution in [2.45, 2.75) is 45.1 Å². The molecule has 0 aromatic carbocycles. The van der Waals surface area contributed by atoms with Gasteiger partial charge in [-0.3, -0.25) is 4.79 Å². The van der Waals surface area contributed by atoms with Gasteiger partial charge in [0.05, 0.1) is 4.99 Å². The van der Waals surface area contributed by atoms with Crippen LogP contribution in [0.2, 0.25) is 0 Å². The number of fused-ring (bicyclic) bond motifs is 1. The summed E-state index contributed by atoms with van der Waals surface area (Å²) in [6.07, 6.45) is 6.03. The van der Waals surface area contributed by atoms with Gasteiger partial charge < -0.3 is 10.3 Å². The summed E-state index contributed by atoms with van der Waals surface area (Å²) in [5, 5.41) is 0. The maximum atomic E-state index is 11.8. The first-order valence-electron chi connectivity index (χ1n) is 6.18. The topological polar surface area (TPSA) is 48.0 Å². The Balaban J connectivity index is 2.03. The van der Waals surface area contributed by atoms with Crippen molar-refractivity contribution in [3.05, 3.63) is 33.7 Å². The second-order valence-corrected chi connectivity index (χ2v) is 5.10. The Morgan fingerprint density at radius 3 is 2.94 bits per heavy atom. The van der Waals surface area contributed by atoms with E-state index in [1.54, 1.807) is 6.07 Å². The minimum Gasteiger partial charge on any atom is -0.393 e. The van der Waals surface area contributed by atoms with Crippen LogP contribution in [0.5, 0.6) is 0 Å². The molecule has 1 heterocycles. The van der Waals surface area contributed by atoms with E-state index in [9.17, 15) is 4.79 Å². The fraction of sp³-hybridized carbons (Fsp3) is 0.538. The van der Waals surface area contributed by atoms with Crippen molar-refractivity contribution in [3.63, 3.8) is 0 Å². The zero-order valence-corrected chi connectivity index (χ0v) is 10.8. The summed E-state index contributed by atoms with van der Waals surface area (Å²) < 4.78 is 1.93. The first-order valence-corrected chi connectivity index (χ1v) is 6.59. The van der Waals surface area contributed by atoms with Crippen molar-refractivity contribution in [2.24, 2.45) is 5.73 Å². The number of thiocarbonyl (C=S) groups is 1. The van der Waals surface area contributed by atoms with Crippen LogP contribution >= 0.6 is 12.2 Å². The van der Waals surface area contributed by atoms with Gasteiger partial charge in [0, 0.05) is 18.3 Å². The maximum Gasteiger partial charge on any atom is 0.250 e. The van der Waals surface area contributed by atoms with Crippen molar-refractivity contribution in [1.29, 1.82) is 0 Å². The van der Waals surface area contributed by atoms with E-state index in [2.05, 4.69) is 0 Å². The normalized spacial score (nSPS) is 13.6. The molecule has 0 saturated heterocycles. The lowest BCUT2D eigenvalue weighted by molar-refractivity contribution is 0.582. The number of hydrogen-bond acceptors (Lipinski definition) is 2. The first-order chi connectivity index (χ1) is 8.18. The van der Waals surface area contributed by atoms with Gasteiger partial charge >= 0.3 is 0 Å². The highest BCUT2D eigenvalue weighted by molar-refractivity contribution is 7.80. The summed E-state index contributed by atoms with van der Waals surface area (Å²) in [5.41, 5.74) is 8.17.